The Morgan fingerprint density at radius 2 is 1.79 bits per heavy atom. The number of hydrogen-bond acceptors (Lipinski definition) is 2. The van der Waals surface area contributed by atoms with Crippen molar-refractivity contribution >= 4 is 11.8 Å². The minimum absolute atomic E-state index is 0.00979. The zero-order valence-electron chi connectivity index (χ0n) is 14.4. The average Bonchev–Trinajstić information content (AvgIpc) is 3.43. The Morgan fingerprint density at radius 3 is 2.38 bits per heavy atom. The molecular formula is C20H26N2O2. The number of hydrogen-bond donors (Lipinski definition) is 0. The molecule has 1 atom stereocenters. The van der Waals surface area contributed by atoms with Crippen molar-refractivity contribution in [3.05, 3.63) is 35.9 Å². The number of likely N-dealkylation sites (tertiary alicyclic amines) is 2. The molecule has 3 fully saturated rings. The molecular weight excluding hydrogens is 300 g/mol. The smallest absolute Gasteiger partial charge is 0.230 e. The summed E-state index contributed by atoms with van der Waals surface area (Å²) in [5, 5.41) is 0. The number of carbonyl (C=O) groups excluding carboxylic acids is 2. The molecule has 1 aromatic rings. The molecule has 2 amide bonds. The molecule has 3 aliphatic rings. The second kappa shape index (κ2) is 5.91. The molecule has 0 unspecified atom stereocenters. The SMILES string of the molecule is CC(=O)N1CCC2(CC1)C[C@H](c1ccccc1)C(=O)N(C1CC1)C2. The molecule has 2 aliphatic heterocycles. The highest BCUT2D eigenvalue weighted by atomic mass is 16.2. The van der Waals surface area contributed by atoms with Crippen molar-refractivity contribution in [1.82, 2.24) is 9.80 Å². The van der Waals surface area contributed by atoms with Gasteiger partial charge in [-0.3, -0.25) is 9.59 Å². The Bertz CT molecular complexity index is 630. The van der Waals surface area contributed by atoms with Gasteiger partial charge in [0.2, 0.25) is 11.8 Å². The number of amides is 2. The Balaban J connectivity index is 1.59. The third kappa shape index (κ3) is 2.83. The van der Waals surface area contributed by atoms with E-state index in [0.717, 1.165) is 57.3 Å². The molecule has 1 aromatic carbocycles. The molecule has 2 heterocycles. The summed E-state index contributed by atoms with van der Waals surface area (Å²) in [5.41, 5.74) is 1.34. The predicted octanol–water partition coefficient (Wildman–Crippen LogP) is 2.79. The molecule has 0 N–H and O–H groups in total. The summed E-state index contributed by atoms with van der Waals surface area (Å²) in [5.74, 6) is 0.489. The van der Waals surface area contributed by atoms with Gasteiger partial charge in [0.05, 0.1) is 5.92 Å². The highest BCUT2D eigenvalue weighted by molar-refractivity contribution is 5.85. The van der Waals surface area contributed by atoms with E-state index in [1.807, 2.05) is 23.1 Å². The van der Waals surface area contributed by atoms with E-state index in [9.17, 15) is 9.59 Å². The van der Waals surface area contributed by atoms with Crippen LogP contribution in [0, 0.1) is 5.41 Å². The second-order valence-corrected chi connectivity index (χ2v) is 7.87. The minimum Gasteiger partial charge on any atom is -0.343 e. The molecule has 1 spiro atoms. The molecule has 1 aliphatic carbocycles. The summed E-state index contributed by atoms with van der Waals surface area (Å²) in [6.45, 7) is 4.23. The fourth-order valence-electron chi connectivity index (χ4n) is 4.52. The van der Waals surface area contributed by atoms with Crippen LogP contribution in [0.3, 0.4) is 0 Å². The van der Waals surface area contributed by atoms with Gasteiger partial charge in [0.15, 0.2) is 0 Å². The van der Waals surface area contributed by atoms with E-state index in [0.29, 0.717) is 11.9 Å². The highest BCUT2D eigenvalue weighted by Crippen LogP contribution is 2.48. The summed E-state index contributed by atoms with van der Waals surface area (Å²) in [4.78, 5) is 28.8. The second-order valence-electron chi connectivity index (χ2n) is 7.87. The lowest BCUT2D eigenvalue weighted by molar-refractivity contribution is -0.144. The van der Waals surface area contributed by atoms with Gasteiger partial charge in [-0.2, -0.15) is 0 Å². The Hall–Kier alpha value is -1.84. The van der Waals surface area contributed by atoms with E-state index in [4.69, 9.17) is 0 Å². The Kier molecular flexibility index (Phi) is 3.86. The van der Waals surface area contributed by atoms with Gasteiger partial charge < -0.3 is 9.80 Å². The maximum absolute atomic E-state index is 13.1. The lowest BCUT2D eigenvalue weighted by atomic mass is 9.67. The van der Waals surface area contributed by atoms with Gasteiger partial charge in [0, 0.05) is 32.6 Å². The largest absolute Gasteiger partial charge is 0.343 e. The van der Waals surface area contributed by atoms with Crippen LogP contribution in [-0.2, 0) is 9.59 Å². The van der Waals surface area contributed by atoms with Crippen LogP contribution in [0.5, 0.6) is 0 Å². The van der Waals surface area contributed by atoms with E-state index in [1.54, 1.807) is 6.92 Å². The topological polar surface area (TPSA) is 40.6 Å². The highest BCUT2D eigenvalue weighted by Gasteiger charge is 2.49. The Labute approximate surface area is 143 Å². The fraction of sp³-hybridized carbons (Fsp3) is 0.600. The van der Waals surface area contributed by atoms with E-state index >= 15 is 0 Å². The van der Waals surface area contributed by atoms with E-state index in [2.05, 4.69) is 17.0 Å². The van der Waals surface area contributed by atoms with E-state index < -0.39 is 0 Å². The van der Waals surface area contributed by atoms with Crippen molar-refractivity contribution in [2.45, 2.75) is 51.0 Å². The normalized spacial score (nSPS) is 26.7. The Morgan fingerprint density at radius 1 is 1.12 bits per heavy atom. The molecule has 24 heavy (non-hydrogen) atoms. The quantitative estimate of drug-likeness (QED) is 0.838. The maximum atomic E-state index is 13.1. The van der Waals surface area contributed by atoms with Crippen molar-refractivity contribution in [3.8, 4) is 0 Å². The summed E-state index contributed by atoms with van der Waals surface area (Å²) in [6, 6.07) is 10.7. The van der Waals surface area contributed by atoms with Gasteiger partial charge in [-0.25, -0.2) is 0 Å². The molecule has 0 bridgehead atoms. The summed E-state index contributed by atoms with van der Waals surface area (Å²) < 4.78 is 0. The first-order valence-corrected chi connectivity index (χ1v) is 9.19. The van der Waals surface area contributed by atoms with Crippen LogP contribution in [0.25, 0.3) is 0 Å². The van der Waals surface area contributed by atoms with E-state index in [1.165, 1.54) is 0 Å². The van der Waals surface area contributed by atoms with Gasteiger partial charge >= 0.3 is 0 Å². The van der Waals surface area contributed by atoms with Crippen molar-refractivity contribution in [1.29, 1.82) is 0 Å². The van der Waals surface area contributed by atoms with Crippen LogP contribution in [-0.4, -0.2) is 47.3 Å². The monoisotopic (exact) mass is 326 g/mol. The molecule has 2 saturated heterocycles. The lowest BCUT2D eigenvalue weighted by Gasteiger charge is -2.50. The van der Waals surface area contributed by atoms with Crippen molar-refractivity contribution in [2.24, 2.45) is 5.41 Å². The van der Waals surface area contributed by atoms with Crippen molar-refractivity contribution in [2.75, 3.05) is 19.6 Å². The molecule has 0 radical (unpaired) electrons. The summed E-state index contributed by atoms with van der Waals surface area (Å²) >= 11 is 0. The zero-order chi connectivity index (χ0) is 16.7. The van der Waals surface area contributed by atoms with Crippen LogP contribution < -0.4 is 0 Å². The molecule has 4 rings (SSSR count). The van der Waals surface area contributed by atoms with Crippen LogP contribution in [0.15, 0.2) is 30.3 Å². The molecule has 128 valence electrons. The van der Waals surface area contributed by atoms with Gasteiger partial charge in [-0.15, -0.1) is 0 Å². The van der Waals surface area contributed by atoms with E-state index in [-0.39, 0.29) is 17.2 Å². The lowest BCUT2D eigenvalue weighted by Crippen LogP contribution is -2.55. The number of benzene rings is 1. The number of nitrogens with zero attached hydrogens (tertiary/aromatic N) is 2. The molecule has 1 saturated carbocycles. The van der Waals surface area contributed by atoms with Crippen molar-refractivity contribution in [3.63, 3.8) is 0 Å². The first-order valence-electron chi connectivity index (χ1n) is 9.19. The fourth-order valence-corrected chi connectivity index (χ4v) is 4.52. The first-order chi connectivity index (χ1) is 11.6. The van der Waals surface area contributed by atoms with Crippen LogP contribution in [0.4, 0.5) is 0 Å². The first kappa shape index (κ1) is 15.7. The standard InChI is InChI=1S/C20H26N2O2/c1-15(23)21-11-9-20(10-12-21)13-18(16-5-3-2-4-6-16)19(24)22(14-20)17-7-8-17/h2-6,17-18H,7-14H2,1H3/t18-/m1/s1. The number of carbonyl (C=O) groups is 2. The molecule has 0 aromatic heterocycles. The average molecular weight is 326 g/mol. The van der Waals surface area contributed by atoms with Gasteiger partial charge in [-0.1, -0.05) is 30.3 Å². The van der Waals surface area contributed by atoms with Gasteiger partial charge in [-0.05, 0) is 43.1 Å². The molecule has 4 heteroatoms. The summed E-state index contributed by atoms with van der Waals surface area (Å²) in [6.07, 6.45) is 5.29. The van der Waals surface area contributed by atoms with Crippen LogP contribution in [0.2, 0.25) is 0 Å². The zero-order valence-corrected chi connectivity index (χ0v) is 14.4. The minimum atomic E-state index is -0.00979. The van der Waals surface area contributed by atoms with Gasteiger partial charge in [0.1, 0.15) is 0 Å². The maximum Gasteiger partial charge on any atom is 0.230 e. The van der Waals surface area contributed by atoms with Crippen molar-refractivity contribution < 1.29 is 9.59 Å². The predicted molar refractivity (Wildman–Crippen MR) is 92.5 cm³/mol. The number of piperidine rings is 2. The molecule has 4 nitrogen and oxygen atoms in total. The summed E-state index contributed by atoms with van der Waals surface area (Å²) in [7, 11) is 0. The van der Waals surface area contributed by atoms with Gasteiger partial charge in [0.25, 0.3) is 0 Å². The van der Waals surface area contributed by atoms with Crippen LogP contribution >= 0.6 is 0 Å². The number of rotatable bonds is 2. The third-order valence-corrected chi connectivity index (χ3v) is 6.18. The third-order valence-electron chi connectivity index (χ3n) is 6.18. The van der Waals surface area contributed by atoms with Crippen LogP contribution in [0.1, 0.15) is 50.5 Å².